The number of amides is 1. The molecule has 0 aliphatic carbocycles. The summed E-state index contributed by atoms with van der Waals surface area (Å²) in [6, 6.07) is 13.6. The molecule has 0 saturated carbocycles. The third kappa shape index (κ3) is 5.17. The Labute approximate surface area is 160 Å². The Morgan fingerprint density at radius 2 is 1.70 bits per heavy atom. The van der Waals surface area contributed by atoms with Crippen LogP contribution in [0.15, 0.2) is 42.5 Å². The number of ketones is 1. The van der Waals surface area contributed by atoms with Gasteiger partial charge in [0.25, 0.3) is 0 Å². The highest BCUT2D eigenvalue weighted by Crippen LogP contribution is 2.19. The van der Waals surface area contributed by atoms with Crippen molar-refractivity contribution < 1.29 is 14.3 Å². The van der Waals surface area contributed by atoms with Gasteiger partial charge in [-0.1, -0.05) is 17.7 Å². The fourth-order valence-corrected chi connectivity index (χ4v) is 3.20. The number of anilines is 2. The molecule has 1 aliphatic heterocycles. The first-order chi connectivity index (χ1) is 13.0. The molecule has 1 saturated heterocycles. The third-order valence-electron chi connectivity index (χ3n) is 4.80. The van der Waals surface area contributed by atoms with Crippen LogP contribution in [0.4, 0.5) is 11.4 Å². The molecule has 0 spiro atoms. The summed E-state index contributed by atoms with van der Waals surface area (Å²) in [6.45, 7) is 7.13. The van der Waals surface area contributed by atoms with Gasteiger partial charge < -0.3 is 15.0 Å². The van der Waals surface area contributed by atoms with Gasteiger partial charge in [0.05, 0.1) is 13.2 Å². The van der Waals surface area contributed by atoms with Crippen molar-refractivity contribution in [1.82, 2.24) is 0 Å². The number of nitrogens with one attached hydrogen (secondary N) is 1. The maximum atomic E-state index is 12.4. The van der Waals surface area contributed by atoms with E-state index in [1.807, 2.05) is 56.3 Å². The molecule has 0 atom stereocenters. The zero-order valence-corrected chi connectivity index (χ0v) is 16.0. The number of aryl methyl sites for hydroxylation is 2. The van der Waals surface area contributed by atoms with Crippen molar-refractivity contribution in [2.75, 3.05) is 36.5 Å². The Balaban J connectivity index is 1.51. The van der Waals surface area contributed by atoms with Gasteiger partial charge >= 0.3 is 0 Å². The Kier molecular flexibility index (Phi) is 6.24. The van der Waals surface area contributed by atoms with Crippen LogP contribution in [0.5, 0.6) is 0 Å². The smallest absolute Gasteiger partial charge is 0.224 e. The molecule has 5 heteroatoms. The minimum absolute atomic E-state index is 0.00835. The molecule has 0 aromatic heterocycles. The van der Waals surface area contributed by atoms with E-state index < -0.39 is 0 Å². The number of Topliss-reactive ketones (excluding diaryl/α,β-unsaturated/α-hetero) is 1. The summed E-state index contributed by atoms with van der Waals surface area (Å²) in [7, 11) is 0. The van der Waals surface area contributed by atoms with E-state index in [1.54, 1.807) is 0 Å². The number of carbonyl (C=O) groups is 2. The first kappa shape index (κ1) is 19.1. The monoisotopic (exact) mass is 366 g/mol. The molecule has 2 aromatic carbocycles. The Morgan fingerprint density at radius 3 is 2.41 bits per heavy atom. The topological polar surface area (TPSA) is 58.6 Å². The molecule has 1 aliphatic rings. The predicted molar refractivity (Wildman–Crippen MR) is 108 cm³/mol. The van der Waals surface area contributed by atoms with E-state index in [9.17, 15) is 9.59 Å². The second-order valence-electron chi connectivity index (χ2n) is 6.94. The average molecular weight is 366 g/mol. The van der Waals surface area contributed by atoms with Gasteiger partial charge in [0.2, 0.25) is 5.91 Å². The fraction of sp³-hybridized carbons (Fsp3) is 0.364. The van der Waals surface area contributed by atoms with Gasteiger partial charge in [0.1, 0.15) is 0 Å². The van der Waals surface area contributed by atoms with Gasteiger partial charge in [0.15, 0.2) is 5.78 Å². The van der Waals surface area contributed by atoms with Gasteiger partial charge in [-0.05, 0) is 49.7 Å². The number of nitrogens with zero attached hydrogens (tertiary/aromatic N) is 1. The van der Waals surface area contributed by atoms with Gasteiger partial charge in [-0.3, -0.25) is 9.59 Å². The first-order valence-electron chi connectivity index (χ1n) is 9.36. The Morgan fingerprint density at radius 1 is 1.00 bits per heavy atom. The number of hydrogen-bond donors (Lipinski definition) is 1. The summed E-state index contributed by atoms with van der Waals surface area (Å²) in [4.78, 5) is 26.9. The minimum Gasteiger partial charge on any atom is -0.378 e. The van der Waals surface area contributed by atoms with Crippen molar-refractivity contribution in [2.24, 2.45) is 0 Å². The van der Waals surface area contributed by atoms with E-state index in [1.165, 1.54) is 0 Å². The SMILES string of the molecule is Cc1ccc(C)c(C(=O)CCC(=O)Nc2ccc(N3CCOCC3)cc2)c1. The maximum absolute atomic E-state index is 12.4. The molecule has 1 fully saturated rings. The van der Waals surface area contributed by atoms with Crippen molar-refractivity contribution in [3.8, 4) is 0 Å². The molecule has 27 heavy (non-hydrogen) atoms. The van der Waals surface area contributed by atoms with Gasteiger partial charge in [0, 0.05) is 42.9 Å². The second kappa shape index (κ2) is 8.82. The lowest BCUT2D eigenvalue weighted by Crippen LogP contribution is -2.36. The lowest BCUT2D eigenvalue weighted by Gasteiger charge is -2.28. The normalized spacial score (nSPS) is 14.1. The Hall–Kier alpha value is -2.66. The second-order valence-corrected chi connectivity index (χ2v) is 6.94. The van der Waals surface area contributed by atoms with Crippen LogP contribution in [0, 0.1) is 13.8 Å². The third-order valence-corrected chi connectivity index (χ3v) is 4.80. The van der Waals surface area contributed by atoms with E-state index in [4.69, 9.17) is 4.74 Å². The van der Waals surface area contributed by atoms with Crippen LogP contribution in [-0.4, -0.2) is 38.0 Å². The highest BCUT2D eigenvalue weighted by Gasteiger charge is 2.13. The summed E-state index contributed by atoms with van der Waals surface area (Å²) < 4.78 is 5.36. The standard InChI is InChI=1S/C22H26N2O3/c1-16-3-4-17(2)20(15-16)21(25)9-10-22(26)23-18-5-7-19(8-6-18)24-11-13-27-14-12-24/h3-8,15H,9-14H2,1-2H3,(H,23,26). The maximum Gasteiger partial charge on any atom is 0.224 e. The zero-order chi connectivity index (χ0) is 19.2. The van der Waals surface area contributed by atoms with Crippen molar-refractivity contribution >= 4 is 23.1 Å². The number of ether oxygens (including phenoxy) is 1. The number of morpholine rings is 1. The predicted octanol–water partition coefficient (Wildman–Crippen LogP) is 3.74. The molecule has 3 rings (SSSR count). The molecule has 1 amide bonds. The van der Waals surface area contributed by atoms with Gasteiger partial charge in [-0.25, -0.2) is 0 Å². The largest absolute Gasteiger partial charge is 0.378 e. The van der Waals surface area contributed by atoms with Crippen molar-refractivity contribution in [1.29, 1.82) is 0 Å². The summed E-state index contributed by atoms with van der Waals surface area (Å²) >= 11 is 0. The number of rotatable bonds is 6. The molecule has 0 unspecified atom stereocenters. The van der Waals surface area contributed by atoms with E-state index >= 15 is 0 Å². The van der Waals surface area contributed by atoms with Crippen LogP contribution in [0.25, 0.3) is 0 Å². The summed E-state index contributed by atoms with van der Waals surface area (Å²) in [5.74, 6) is -0.137. The van der Waals surface area contributed by atoms with Crippen LogP contribution in [0.2, 0.25) is 0 Å². The molecular weight excluding hydrogens is 340 g/mol. The van der Waals surface area contributed by atoms with Crippen LogP contribution in [0.1, 0.15) is 34.3 Å². The molecule has 1 heterocycles. The van der Waals surface area contributed by atoms with Gasteiger partial charge in [-0.2, -0.15) is 0 Å². The molecular formula is C22H26N2O3. The molecule has 2 aromatic rings. The van der Waals surface area contributed by atoms with E-state index in [0.29, 0.717) is 5.56 Å². The highest BCUT2D eigenvalue weighted by molar-refractivity contribution is 6.01. The van der Waals surface area contributed by atoms with Crippen molar-refractivity contribution in [2.45, 2.75) is 26.7 Å². The summed E-state index contributed by atoms with van der Waals surface area (Å²) in [6.07, 6.45) is 0.388. The average Bonchev–Trinajstić information content (AvgIpc) is 2.69. The lowest BCUT2D eigenvalue weighted by atomic mass is 9.99. The van der Waals surface area contributed by atoms with Crippen molar-refractivity contribution in [3.05, 3.63) is 59.2 Å². The molecule has 142 valence electrons. The highest BCUT2D eigenvalue weighted by atomic mass is 16.5. The molecule has 0 bridgehead atoms. The molecule has 1 N–H and O–H groups in total. The van der Waals surface area contributed by atoms with Crippen LogP contribution >= 0.6 is 0 Å². The van der Waals surface area contributed by atoms with Crippen LogP contribution in [0.3, 0.4) is 0 Å². The van der Waals surface area contributed by atoms with E-state index in [2.05, 4.69) is 10.2 Å². The zero-order valence-electron chi connectivity index (χ0n) is 16.0. The van der Waals surface area contributed by atoms with Gasteiger partial charge in [-0.15, -0.1) is 0 Å². The van der Waals surface area contributed by atoms with Crippen LogP contribution < -0.4 is 10.2 Å². The van der Waals surface area contributed by atoms with E-state index in [0.717, 1.165) is 48.8 Å². The van der Waals surface area contributed by atoms with Crippen LogP contribution in [-0.2, 0) is 9.53 Å². The first-order valence-corrected chi connectivity index (χ1v) is 9.36. The van der Waals surface area contributed by atoms with Crippen molar-refractivity contribution in [3.63, 3.8) is 0 Å². The fourth-order valence-electron chi connectivity index (χ4n) is 3.20. The minimum atomic E-state index is -0.146. The number of benzene rings is 2. The number of carbonyl (C=O) groups excluding carboxylic acids is 2. The lowest BCUT2D eigenvalue weighted by molar-refractivity contribution is -0.116. The number of hydrogen-bond acceptors (Lipinski definition) is 4. The summed E-state index contributed by atoms with van der Waals surface area (Å²) in [5.41, 5.74) is 4.58. The molecule has 0 radical (unpaired) electrons. The molecule has 5 nitrogen and oxygen atoms in total. The Bertz CT molecular complexity index is 809. The quantitative estimate of drug-likeness (QED) is 0.791. The van der Waals surface area contributed by atoms with E-state index in [-0.39, 0.29) is 24.5 Å². The summed E-state index contributed by atoms with van der Waals surface area (Å²) in [5, 5.41) is 2.87.